The number of benzene rings is 2. The third-order valence-corrected chi connectivity index (χ3v) is 5.91. The molecule has 0 aliphatic carbocycles. The number of aliphatic hydroxyl groups is 1. The lowest BCUT2D eigenvalue weighted by atomic mass is 9.93. The molecule has 7 heteroatoms. The number of hydrogen-bond donors (Lipinski definition) is 1. The summed E-state index contributed by atoms with van der Waals surface area (Å²) in [5, 5.41) is 11.2. The van der Waals surface area contributed by atoms with Crippen LogP contribution in [0, 0.1) is 0 Å². The van der Waals surface area contributed by atoms with Gasteiger partial charge in [-0.3, -0.25) is 9.59 Å². The van der Waals surface area contributed by atoms with Crippen molar-refractivity contribution < 1.29 is 28.9 Å². The monoisotopic (exact) mass is 437 g/mol. The van der Waals surface area contributed by atoms with Gasteiger partial charge in [0.15, 0.2) is 11.5 Å². The number of likely N-dealkylation sites (tertiary alicyclic amines) is 1. The molecule has 1 fully saturated rings. The van der Waals surface area contributed by atoms with E-state index in [4.69, 9.17) is 14.2 Å². The highest BCUT2D eigenvalue weighted by atomic mass is 16.5. The number of nitrogens with zero attached hydrogens (tertiary/aromatic N) is 1. The van der Waals surface area contributed by atoms with E-state index < -0.39 is 17.7 Å². The highest BCUT2D eigenvalue weighted by Crippen LogP contribution is 2.42. The third-order valence-electron chi connectivity index (χ3n) is 5.91. The van der Waals surface area contributed by atoms with Crippen LogP contribution in [0.2, 0.25) is 0 Å². The molecule has 2 aliphatic heterocycles. The van der Waals surface area contributed by atoms with Crippen LogP contribution in [0.1, 0.15) is 42.5 Å². The molecule has 1 atom stereocenters. The van der Waals surface area contributed by atoms with Crippen LogP contribution in [0.5, 0.6) is 17.2 Å². The van der Waals surface area contributed by atoms with E-state index >= 15 is 0 Å². The van der Waals surface area contributed by atoms with Gasteiger partial charge in [0.25, 0.3) is 11.7 Å². The number of rotatable bonds is 6. The molecule has 0 aromatic heterocycles. The standard InChI is InChI=1S/C25H27NO6/c1-4-11-26-22(16-7-10-19(30-2)20(14-16)31-3)21(24(28)25(26)29)23(27)17-8-9-18-15(13-17)6-5-12-32-18/h7-10,13-14,22,27H,4-6,11-12H2,1-3H3/b23-21+. The minimum Gasteiger partial charge on any atom is -0.507 e. The molecule has 2 heterocycles. The van der Waals surface area contributed by atoms with Gasteiger partial charge in [0.1, 0.15) is 11.5 Å². The van der Waals surface area contributed by atoms with Crippen molar-refractivity contribution in [1.82, 2.24) is 4.90 Å². The summed E-state index contributed by atoms with van der Waals surface area (Å²) in [6.45, 7) is 2.99. The van der Waals surface area contributed by atoms with Crippen LogP contribution in [-0.4, -0.2) is 49.1 Å². The fraction of sp³-hybridized carbons (Fsp3) is 0.360. The van der Waals surface area contributed by atoms with Crippen molar-refractivity contribution in [2.24, 2.45) is 0 Å². The summed E-state index contributed by atoms with van der Waals surface area (Å²) in [5.41, 5.74) is 2.21. The molecule has 0 saturated carbocycles. The number of carbonyl (C=O) groups excluding carboxylic acids is 2. The number of hydrogen-bond acceptors (Lipinski definition) is 6. The van der Waals surface area contributed by atoms with E-state index in [1.807, 2.05) is 13.0 Å². The van der Waals surface area contributed by atoms with Crippen LogP contribution < -0.4 is 14.2 Å². The van der Waals surface area contributed by atoms with Crippen molar-refractivity contribution in [3.8, 4) is 17.2 Å². The first-order valence-electron chi connectivity index (χ1n) is 10.8. The topological polar surface area (TPSA) is 85.3 Å². The predicted octanol–water partition coefficient (Wildman–Crippen LogP) is 3.86. The Hall–Kier alpha value is -3.48. The zero-order valence-electron chi connectivity index (χ0n) is 18.5. The second-order valence-corrected chi connectivity index (χ2v) is 7.88. The van der Waals surface area contributed by atoms with Crippen LogP contribution >= 0.6 is 0 Å². The molecule has 168 valence electrons. The predicted molar refractivity (Wildman–Crippen MR) is 119 cm³/mol. The number of amides is 1. The van der Waals surface area contributed by atoms with Crippen LogP contribution in [0.3, 0.4) is 0 Å². The van der Waals surface area contributed by atoms with E-state index in [0.717, 1.165) is 24.2 Å². The van der Waals surface area contributed by atoms with Crippen molar-refractivity contribution in [3.05, 3.63) is 58.7 Å². The molecule has 2 aromatic carbocycles. The van der Waals surface area contributed by atoms with Gasteiger partial charge in [0.2, 0.25) is 0 Å². The molecule has 2 aliphatic rings. The highest BCUT2D eigenvalue weighted by Gasteiger charge is 2.46. The van der Waals surface area contributed by atoms with Crippen molar-refractivity contribution in [2.45, 2.75) is 32.2 Å². The van der Waals surface area contributed by atoms with Crippen molar-refractivity contribution >= 4 is 17.4 Å². The summed E-state index contributed by atoms with van der Waals surface area (Å²) in [6.07, 6.45) is 2.40. The molecule has 0 radical (unpaired) electrons. The number of fused-ring (bicyclic) bond motifs is 1. The lowest BCUT2D eigenvalue weighted by Crippen LogP contribution is -2.30. The quantitative estimate of drug-likeness (QED) is 0.420. The second kappa shape index (κ2) is 8.94. The van der Waals surface area contributed by atoms with Gasteiger partial charge in [-0.25, -0.2) is 0 Å². The van der Waals surface area contributed by atoms with Gasteiger partial charge in [-0.2, -0.15) is 0 Å². The fourth-order valence-corrected chi connectivity index (χ4v) is 4.38. The van der Waals surface area contributed by atoms with Gasteiger partial charge in [-0.15, -0.1) is 0 Å². The number of methoxy groups -OCH3 is 2. The minimum absolute atomic E-state index is 0.0762. The summed E-state index contributed by atoms with van der Waals surface area (Å²) in [5.74, 6) is 0.321. The molecular weight excluding hydrogens is 410 g/mol. The third kappa shape index (κ3) is 3.68. The molecular formula is C25H27NO6. The zero-order chi connectivity index (χ0) is 22.8. The minimum atomic E-state index is -0.720. The van der Waals surface area contributed by atoms with Crippen LogP contribution in [0.4, 0.5) is 0 Å². The van der Waals surface area contributed by atoms with E-state index in [0.29, 0.717) is 42.2 Å². The molecule has 2 aromatic rings. The number of ketones is 1. The first kappa shape index (κ1) is 21.7. The van der Waals surface area contributed by atoms with Gasteiger partial charge < -0.3 is 24.2 Å². The SMILES string of the molecule is CCCN1C(=O)C(=O)/C(=C(/O)c2ccc3c(c2)CCCO3)C1c1ccc(OC)c(OC)c1. The van der Waals surface area contributed by atoms with E-state index in [1.54, 1.807) is 37.4 Å². The van der Waals surface area contributed by atoms with Crippen LogP contribution in [0.15, 0.2) is 42.0 Å². The number of ether oxygens (including phenoxy) is 3. The van der Waals surface area contributed by atoms with Crippen molar-refractivity contribution in [1.29, 1.82) is 0 Å². The molecule has 4 rings (SSSR count). The molecule has 1 N–H and O–H groups in total. The second-order valence-electron chi connectivity index (χ2n) is 7.88. The molecule has 32 heavy (non-hydrogen) atoms. The number of aliphatic hydroxyl groups excluding tert-OH is 1. The Morgan fingerprint density at radius 1 is 1.12 bits per heavy atom. The Bertz CT molecular complexity index is 1090. The van der Waals surface area contributed by atoms with Crippen molar-refractivity contribution in [2.75, 3.05) is 27.4 Å². The van der Waals surface area contributed by atoms with Gasteiger partial charge in [-0.05, 0) is 60.7 Å². The van der Waals surface area contributed by atoms with Crippen LogP contribution in [-0.2, 0) is 16.0 Å². The number of Topliss-reactive ketones (excluding diaryl/α,β-unsaturated/α-hetero) is 1. The summed E-state index contributed by atoms with van der Waals surface area (Å²) < 4.78 is 16.4. The molecule has 1 amide bonds. The Morgan fingerprint density at radius 2 is 1.91 bits per heavy atom. The molecule has 7 nitrogen and oxygen atoms in total. The lowest BCUT2D eigenvalue weighted by Gasteiger charge is -2.25. The van der Waals surface area contributed by atoms with E-state index in [-0.39, 0.29) is 11.3 Å². The summed E-state index contributed by atoms with van der Waals surface area (Å²) in [6, 6.07) is 9.90. The summed E-state index contributed by atoms with van der Waals surface area (Å²) in [4.78, 5) is 27.5. The largest absolute Gasteiger partial charge is 0.507 e. The average Bonchev–Trinajstić information content (AvgIpc) is 3.08. The molecule has 1 unspecified atom stereocenters. The van der Waals surface area contributed by atoms with Gasteiger partial charge in [0, 0.05) is 12.1 Å². The lowest BCUT2D eigenvalue weighted by molar-refractivity contribution is -0.139. The van der Waals surface area contributed by atoms with Gasteiger partial charge in [0.05, 0.1) is 32.4 Å². The van der Waals surface area contributed by atoms with Crippen LogP contribution in [0.25, 0.3) is 5.76 Å². The molecule has 1 saturated heterocycles. The maximum atomic E-state index is 13.1. The maximum absolute atomic E-state index is 13.1. The number of aryl methyl sites for hydroxylation is 1. The molecule has 0 spiro atoms. The van der Waals surface area contributed by atoms with E-state index in [9.17, 15) is 14.7 Å². The first-order valence-corrected chi connectivity index (χ1v) is 10.8. The van der Waals surface area contributed by atoms with Crippen molar-refractivity contribution in [3.63, 3.8) is 0 Å². The van der Waals surface area contributed by atoms with E-state index in [1.165, 1.54) is 12.0 Å². The fourth-order valence-electron chi connectivity index (χ4n) is 4.38. The highest BCUT2D eigenvalue weighted by molar-refractivity contribution is 6.46. The summed E-state index contributed by atoms with van der Waals surface area (Å²) >= 11 is 0. The Labute approximate surface area is 187 Å². The Kier molecular flexibility index (Phi) is 6.08. The maximum Gasteiger partial charge on any atom is 0.295 e. The smallest absolute Gasteiger partial charge is 0.295 e. The normalized spacial score (nSPS) is 19.5. The number of carbonyl (C=O) groups is 2. The molecule has 0 bridgehead atoms. The Morgan fingerprint density at radius 3 is 2.62 bits per heavy atom. The van der Waals surface area contributed by atoms with E-state index in [2.05, 4.69) is 0 Å². The van der Waals surface area contributed by atoms with Gasteiger partial charge in [-0.1, -0.05) is 13.0 Å². The van der Waals surface area contributed by atoms with Gasteiger partial charge >= 0.3 is 0 Å². The Balaban J connectivity index is 1.86. The first-order chi connectivity index (χ1) is 15.5. The average molecular weight is 437 g/mol. The summed E-state index contributed by atoms with van der Waals surface area (Å²) in [7, 11) is 3.07. The zero-order valence-corrected chi connectivity index (χ0v) is 18.5.